The van der Waals surface area contributed by atoms with Gasteiger partial charge in [0.1, 0.15) is 9.90 Å². The number of anilines is 2. The first-order valence-electron chi connectivity index (χ1n) is 5.77. The highest BCUT2D eigenvalue weighted by Crippen LogP contribution is 2.36. The number of nitrogens with zero attached hydrogens (tertiary/aromatic N) is 2. The van der Waals surface area contributed by atoms with Gasteiger partial charge >= 0.3 is 0 Å². The Morgan fingerprint density at radius 2 is 2.20 bits per heavy atom. The quantitative estimate of drug-likeness (QED) is 0.841. The zero-order valence-electron chi connectivity index (χ0n) is 11.0. The average molecular weight is 396 g/mol. The van der Waals surface area contributed by atoms with Crippen LogP contribution >= 0.6 is 38.8 Å². The molecule has 0 radical (unpaired) electrons. The molecule has 0 saturated carbocycles. The number of nitrogens with two attached hydrogens (primary N) is 1. The number of hydrogen-bond donors (Lipinski definition) is 1. The molecule has 20 heavy (non-hydrogen) atoms. The maximum Gasteiger partial charge on any atom is 0.184 e. The molecule has 0 spiro atoms. The Morgan fingerprint density at radius 1 is 1.50 bits per heavy atom. The van der Waals surface area contributed by atoms with Crippen molar-refractivity contribution >= 4 is 59.5 Å². The highest BCUT2D eigenvalue weighted by Gasteiger charge is 2.26. The normalized spacial score (nSPS) is 11.8. The summed E-state index contributed by atoms with van der Waals surface area (Å²) in [6, 6.07) is 2.01. The van der Waals surface area contributed by atoms with Crippen molar-refractivity contribution in [3.8, 4) is 0 Å². The molecule has 0 amide bonds. The van der Waals surface area contributed by atoms with Crippen LogP contribution in [0.15, 0.2) is 20.8 Å². The molecule has 2 rings (SSSR count). The summed E-state index contributed by atoms with van der Waals surface area (Å²) in [5, 5.41) is 2.59. The number of aromatic nitrogens is 1. The first-order valence-corrected chi connectivity index (χ1v) is 9.87. The summed E-state index contributed by atoms with van der Waals surface area (Å²) in [5.74, 6) is 0.104. The number of nitrogen functional groups attached to an aromatic ring is 1. The molecule has 5 nitrogen and oxygen atoms in total. The largest absolute Gasteiger partial charge is 0.382 e. The molecule has 0 fully saturated rings. The predicted octanol–water partition coefficient (Wildman–Crippen LogP) is 2.98. The molecule has 0 aliphatic carbocycles. The van der Waals surface area contributed by atoms with Gasteiger partial charge in [-0.1, -0.05) is 6.92 Å². The summed E-state index contributed by atoms with van der Waals surface area (Å²) in [6.45, 7) is 2.22. The van der Waals surface area contributed by atoms with E-state index < -0.39 is 9.84 Å². The highest BCUT2D eigenvalue weighted by atomic mass is 79.9. The van der Waals surface area contributed by atoms with Crippen LogP contribution in [-0.4, -0.2) is 25.6 Å². The fourth-order valence-corrected chi connectivity index (χ4v) is 5.50. The van der Waals surface area contributed by atoms with Crippen LogP contribution in [0.1, 0.15) is 11.8 Å². The average Bonchev–Trinajstić information content (AvgIpc) is 2.96. The maximum absolute atomic E-state index is 12.1. The monoisotopic (exact) mass is 395 g/mol. The molecule has 110 valence electrons. The number of sulfone groups is 1. The van der Waals surface area contributed by atoms with Crippen molar-refractivity contribution in [1.29, 1.82) is 0 Å². The number of hydrogen-bond acceptors (Lipinski definition) is 7. The van der Waals surface area contributed by atoms with Crippen LogP contribution in [0, 0.1) is 0 Å². The van der Waals surface area contributed by atoms with Crippen LogP contribution in [0.3, 0.4) is 0 Å². The molecule has 9 heteroatoms. The summed E-state index contributed by atoms with van der Waals surface area (Å²) in [6.07, 6.45) is 0. The Labute approximate surface area is 134 Å². The van der Waals surface area contributed by atoms with Crippen molar-refractivity contribution in [2.24, 2.45) is 0 Å². The van der Waals surface area contributed by atoms with E-state index in [1.54, 1.807) is 18.3 Å². The Bertz CT molecular complexity index is 708. The van der Waals surface area contributed by atoms with Crippen LogP contribution in [0.5, 0.6) is 0 Å². The van der Waals surface area contributed by atoms with Gasteiger partial charge < -0.3 is 10.6 Å². The lowest BCUT2D eigenvalue weighted by molar-refractivity contribution is 0.597. The van der Waals surface area contributed by atoms with Crippen LogP contribution in [0.2, 0.25) is 0 Å². The third-order valence-corrected chi connectivity index (χ3v) is 7.28. The van der Waals surface area contributed by atoms with E-state index in [2.05, 4.69) is 20.3 Å². The summed E-state index contributed by atoms with van der Waals surface area (Å²) in [5.41, 5.74) is 5.73. The molecule has 0 bridgehead atoms. The van der Waals surface area contributed by atoms with Crippen molar-refractivity contribution < 1.29 is 8.42 Å². The molecule has 2 aromatic rings. The molecular formula is C11H14BrN3O2S3. The lowest BCUT2D eigenvalue weighted by Gasteiger charge is -2.17. The van der Waals surface area contributed by atoms with Crippen LogP contribution < -0.4 is 10.6 Å². The van der Waals surface area contributed by atoms with Gasteiger partial charge in [-0.3, -0.25) is 0 Å². The van der Waals surface area contributed by atoms with E-state index in [1.165, 1.54) is 0 Å². The van der Waals surface area contributed by atoms with E-state index >= 15 is 0 Å². The molecular weight excluding hydrogens is 382 g/mol. The Hall–Kier alpha value is -0.640. The standard InChI is InChI=1S/C11H14BrN3O2S3/c1-3-20(16,17)9-10(13)14-19-11(9)15(2)5-8-4-7(12)6-18-8/h4,6H,3,5H2,1-2H3,(H2,13,14). The minimum atomic E-state index is -3.37. The van der Waals surface area contributed by atoms with Crippen LogP contribution in [-0.2, 0) is 16.4 Å². The van der Waals surface area contributed by atoms with Crippen molar-refractivity contribution in [3.63, 3.8) is 0 Å². The van der Waals surface area contributed by atoms with Crippen molar-refractivity contribution in [2.75, 3.05) is 23.4 Å². The minimum Gasteiger partial charge on any atom is -0.382 e. The second-order valence-corrected chi connectivity index (χ2v) is 9.07. The van der Waals surface area contributed by atoms with Gasteiger partial charge in [-0.05, 0) is 33.5 Å². The number of halogens is 1. The van der Waals surface area contributed by atoms with Crippen LogP contribution in [0.4, 0.5) is 10.8 Å². The minimum absolute atomic E-state index is 0.0149. The molecule has 0 saturated heterocycles. The number of thiophene rings is 1. The van der Waals surface area contributed by atoms with Crippen molar-refractivity contribution in [2.45, 2.75) is 18.4 Å². The summed E-state index contributed by atoms with van der Waals surface area (Å²) < 4.78 is 29.3. The summed E-state index contributed by atoms with van der Waals surface area (Å²) >= 11 is 6.14. The Morgan fingerprint density at radius 3 is 2.75 bits per heavy atom. The zero-order chi connectivity index (χ0) is 14.9. The zero-order valence-corrected chi connectivity index (χ0v) is 15.0. The number of rotatable bonds is 5. The van der Waals surface area contributed by atoms with Gasteiger partial charge in [0, 0.05) is 21.8 Å². The predicted molar refractivity (Wildman–Crippen MR) is 88.4 cm³/mol. The molecule has 0 unspecified atom stereocenters. The second kappa shape index (κ2) is 6.00. The van der Waals surface area contributed by atoms with Gasteiger partial charge in [0.05, 0.1) is 12.3 Å². The van der Waals surface area contributed by atoms with E-state index in [1.807, 2.05) is 23.4 Å². The van der Waals surface area contributed by atoms with Crippen LogP contribution in [0.25, 0.3) is 0 Å². The van der Waals surface area contributed by atoms with Gasteiger partial charge in [0.25, 0.3) is 0 Å². The SMILES string of the molecule is CCS(=O)(=O)c1c(N)nsc1N(C)Cc1cc(Br)cs1. The Balaban J connectivity index is 2.34. The highest BCUT2D eigenvalue weighted by molar-refractivity contribution is 9.10. The molecule has 0 aromatic carbocycles. The van der Waals surface area contributed by atoms with E-state index in [0.717, 1.165) is 20.9 Å². The van der Waals surface area contributed by atoms with Gasteiger partial charge in [-0.2, -0.15) is 4.37 Å². The van der Waals surface area contributed by atoms with Crippen molar-refractivity contribution in [3.05, 3.63) is 20.8 Å². The first kappa shape index (κ1) is 15.7. The molecule has 2 heterocycles. The van der Waals surface area contributed by atoms with E-state index in [9.17, 15) is 8.42 Å². The third-order valence-electron chi connectivity index (χ3n) is 2.71. The van der Waals surface area contributed by atoms with E-state index in [4.69, 9.17) is 5.73 Å². The van der Waals surface area contributed by atoms with Gasteiger partial charge in [0.2, 0.25) is 0 Å². The van der Waals surface area contributed by atoms with Gasteiger partial charge in [-0.15, -0.1) is 11.3 Å². The fourth-order valence-electron chi connectivity index (χ4n) is 1.71. The summed E-state index contributed by atoms with van der Waals surface area (Å²) in [7, 11) is -1.53. The molecule has 2 aromatic heterocycles. The first-order chi connectivity index (χ1) is 9.35. The molecule has 0 aliphatic heterocycles. The lowest BCUT2D eigenvalue weighted by Crippen LogP contribution is -2.18. The lowest BCUT2D eigenvalue weighted by atomic mass is 10.4. The van der Waals surface area contributed by atoms with Gasteiger partial charge in [-0.25, -0.2) is 8.42 Å². The molecule has 0 atom stereocenters. The molecule has 2 N–H and O–H groups in total. The van der Waals surface area contributed by atoms with Crippen molar-refractivity contribution in [1.82, 2.24) is 4.37 Å². The Kier molecular flexibility index (Phi) is 4.73. The maximum atomic E-state index is 12.1. The smallest absolute Gasteiger partial charge is 0.184 e. The topological polar surface area (TPSA) is 76.3 Å². The second-order valence-electron chi connectivity index (χ2n) is 4.19. The van der Waals surface area contributed by atoms with Gasteiger partial charge in [0.15, 0.2) is 15.7 Å². The fraction of sp³-hybridized carbons (Fsp3) is 0.364. The summed E-state index contributed by atoms with van der Waals surface area (Å²) in [4.78, 5) is 3.16. The van der Waals surface area contributed by atoms with E-state index in [0.29, 0.717) is 11.5 Å². The van der Waals surface area contributed by atoms with E-state index in [-0.39, 0.29) is 16.5 Å². The molecule has 0 aliphatic rings. The third kappa shape index (κ3) is 3.16.